The van der Waals surface area contributed by atoms with Crippen LogP contribution in [-0.4, -0.2) is 82.3 Å². The lowest BCUT2D eigenvalue weighted by molar-refractivity contribution is -0.870. The molecule has 436 valence electrons. The Morgan fingerprint density at radius 3 is 1.04 bits per heavy atom. The van der Waals surface area contributed by atoms with E-state index in [-0.39, 0.29) is 38.6 Å². The van der Waals surface area contributed by atoms with Crippen LogP contribution in [0.4, 0.5) is 0 Å². The lowest BCUT2D eigenvalue weighted by atomic mass is 10.1. The van der Waals surface area contributed by atoms with Crippen molar-refractivity contribution in [3.8, 4) is 0 Å². The smallest absolute Gasteiger partial charge is 0.306 e. The van der Waals surface area contributed by atoms with Crippen molar-refractivity contribution in [1.29, 1.82) is 0 Å². The van der Waals surface area contributed by atoms with E-state index < -0.39 is 24.3 Å². The summed E-state index contributed by atoms with van der Waals surface area (Å²) in [4.78, 5) is 37.4. The van der Waals surface area contributed by atoms with Gasteiger partial charge in [-0.15, -0.1) is 0 Å². The zero-order valence-electron chi connectivity index (χ0n) is 49.5. The lowest BCUT2D eigenvalue weighted by Crippen LogP contribution is -2.44. The van der Waals surface area contributed by atoms with E-state index >= 15 is 0 Å². The average Bonchev–Trinajstić information content (AvgIpc) is 3.40. The number of rotatable bonds is 54. The first-order valence-electron chi connectivity index (χ1n) is 30.3. The van der Waals surface area contributed by atoms with Crippen molar-refractivity contribution in [3.63, 3.8) is 0 Å². The number of likely N-dealkylation sites (N-methyl/N-ethyl adjacent to an activating group) is 1. The normalized spacial score (nSPS) is 13.7. The first kappa shape index (κ1) is 72.4. The van der Waals surface area contributed by atoms with Crippen molar-refractivity contribution >= 4 is 17.9 Å². The minimum Gasteiger partial charge on any atom is -0.545 e. The summed E-state index contributed by atoms with van der Waals surface area (Å²) in [6.45, 7) is 4.49. The van der Waals surface area contributed by atoms with E-state index in [1.54, 1.807) is 0 Å². The zero-order chi connectivity index (χ0) is 56.2. The molecular formula is C68H111NO8. The van der Waals surface area contributed by atoms with Crippen LogP contribution in [-0.2, 0) is 33.3 Å². The number of aliphatic carboxylic acids is 1. The number of quaternary nitrogens is 1. The summed E-state index contributed by atoms with van der Waals surface area (Å²) < 4.78 is 22.7. The van der Waals surface area contributed by atoms with Crippen molar-refractivity contribution in [2.75, 3.05) is 47.5 Å². The molecule has 0 aliphatic carbocycles. The van der Waals surface area contributed by atoms with E-state index in [1.165, 1.54) is 57.8 Å². The van der Waals surface area contributed by atoms with E-state index in [2.05, 4.69) is 148 Å². The van der Waals surface area contributed by atoms with Crippen molar-refractivity contribution in [2.45, 2.75) is 232 Å². The van der Waals surface area contributed by atoms with E-state index in [0.29, 0.717) is 17.4 Å². The Hall–Kier alpha value is -4.57. The number of ether oxygens (including phenoxy) is 4. The number of carbonyl (C=O) groups is 3. The standard InChI is InChI=1S/C68H111NO8/c1-6-8-10-12-14-16-18-20-22-24-26-28-30-32-33-35-37-39-41-43-45-47-49-51-53-55-57-59-66(71)77-64(63-76-68(67(72)73)74-61-60-69(3,4)5)62-75-65(70)58-56-54-52-50-48-46-44-42-40-38-36-34-31-29-27-25-23-21-19-17-15-13-11-9-7-2/h8-11,14-17,20-23,26-29,32-34,36-37,39,64,68H,6-7,12-13,18-19,24-25,30-31,35,38,40-63H2,1-5H3/b10-8-,11-9-,16-14-,17-15-,22-20-,23-21-,28-26-,29-27-,33-32-,36-34-,39-37-. The fraction of sp³-hybridized carbons (Fsp3) is 0.632. The second-order valence-corrected chi connectivity index (χ2v) is 20.9. The second kappa shape index (κ2) is 57.6. The second-order valence-electron chi connectivity index (χ2n) is 20.9. The van der Waals surface area contributed by atoms with Gasteiger partial charge in [0.2, 0.25) is 0 Å². The number of carbonyl (C=O) groups excluding carboxylic acids is 3. The van der Waals surface area contributed by atoms with E-state index in [4.69, 9.17) is 18.9 Å². The highest BCUT2D eigenvalue weighted by Crippen LogP contribution is 2.15. The SMILES string of the molecule is CC/C=C\C/C=C\C/C=C\C/C=C\C/C=C\C/C=C\CCCCCCCCCCC(=O)OC(COC(=O)CCCCCCCCCCC/C=C\C/C=C\C/C=C\C/C=C\C/C=C\CC)COC(OCC[N+](C)(C)C)C(=O)[O-]. The van der Waals surface area contributed by atoms with Gasteiger partial charge in [0, 0.05) is 12.8 Å². The molecule has 0 N–H and O–H groups in total. The molecule has 9 heteroatoms. The summed E-state index contributed by atoms with van der Waals surface area (Å²) in [5, 5.41) is 11.8. The Morgan fingerprint density at radius 2 is 0.701 bits per heavy atom. The molecule has 0 saturated heterocycles. The molecule has 0 aliphatic heterocycles. The van der Waals surface area contributed by atoms with Crippen molar-refractivity contribution in [3.05, 3.63) is 134 Å². The monoisotopic (exact) mass is 1070 g/mol. The number of allylic oxidation sites excluding steroid dienone is 22. The Labute approximate surface area is 471 Å². The third kappa shape index (κ3) is 58.9. The summed E-state index contributed by atoms with van der Waals surface area (Å²) in [6, 6.07) is 0. The lowest BCUT2D eigenvalue weighted by Gasteiger charge is -2.26. The van der Waals surface area contributed by atoms with Gasteiger partial charge in [-0.25, -0.2) is 0 Å². The van der Waals surface area contributed by atoms with Gasteiger partial charge in [0.25, 0.3) is 0 Å². The van der Waals surface area contributed by atoms with Crippen LogP contribution in [0.15, 0.2) is 134 Å². The summed E-state index contributed by atoms with van der Waals surface area (Å²) in [7, 11) is 5.91. The molecule has 0 rings (SSSR count). The molecule has 9 nitrogen and oxygen atoms in total. The van der Waals surface area contributed by atoms with Gasteiger partial charge in [-0.05, 0) is 109 Å². The van der Waals surface area contributed by atoms with Gasteiger partial charge in [0.15, 0.2) is 12.4 Å². The van der Waals surface area contributed by atoms with E-state index in [1.807, 2.05) is 21.1 Å². The van der Waals surface area contributed by atoms with E-state index in [9.17, 15) is 19.5 Å². The van der Waals surface area contributed by atoms with Crippen LogP contribution >= 0.6 is 0 Å². The highest BCUT2D eigenvalue weighted by atomic mass is 16.7. The topological polar surface area (TPSA) is 111 Å². The van der Waals surface area contributed by atoms with Gasteiger partial charge in [0.05, 0.1) is 40.3 Å². The molecule has 0 bridgehead atoms. The number of unbranched alkanes of at least 4 members (excludes halogenated alkanes) is 17. The number of carboxylic acids is 1. The summed E-state index contributed by atoms with van der Waals surface area (Å²) in [5.74, 6) is -2.32. The summed E-state index contributed by atoms with van der Waals surface area (Å²) in [5.41, 5.74) is 0. The van der Waals surface area contributed by atoms with Crippen LogP contribution in [0.25, 0.3) is 0 Å². The maximum atomic E-state index is 12.9. The Bertz CT molecular complexity index is 1720. The maximum absolute atomic E-state index is 12.9. The fourth-order valence-electron chi connectivity index (χ4n) is 7.80. The van der Waals surface area contributed by atoms with Crippen molar-refractivity contribution < 1.29 is 42.9 Å². The van der Waals surface area contributed by atoms with Gasteiger partial charge < -0.3 is 33.3 Å². The van der Waals surface area contributed by atoms with Crippen LogP contribution in [0.5, 0.6) is 0 Å². The predicted molar refractivity (Wildman–Crippen MR) is 324 cm³/mol. The van der Waals surface area contributed by atoms with Crippen LogP contribution in [0.3, 0.4) is 0 Å². The Morgan fingerprint density at radius 1 is 0.390 bits per heavy atom. The molecule has 2 unspecified atom stereocenters. The van der Waals surface area contributed by atoms with Crippen molar-refractivity contribution in [1.82, 2.24) is 0 Å². The number of esters is 2. The van der Waals surface area contributed by atoms with Crippen LogP contribution in [0, 0.1) is 0 Å². The number of hydrogen-bond donors (Lipinski definition) is 0. The molecule has 77 heavy (non-hydrogen) atoms. The fourth-order valence-corrected chi connectivity index (χ4v) is 7.80. The maximum Gasteiger partial charge on any atom is 0.306 e. The van der Waals surface area contributed by atoms with Crippen LogP contribution < -0.4 is 5.11 Å². The Balaban J connectivity index is 4.29. The first-order chi connectivity index (χ1) is 37.6. The molecule has 0 aromatic carbocycles. The molecule has 0 saturated carbocycles. The van der Waals surface area contributed by atoms with Gasteiger partial charge in [0.1, 0.15) is 13.2 Å². The quantitative estimate of drug-likeness (QED) is 0.0195. The van der Waals surface area contributed by atoms with Crippen LogP contribution in [0.2, 0.25) is 0 Å². The minimum absolute atomic E-state index is 0.137. The third-order valence-electron chi connectivity index (χ3n) is 12.4. The minimum atomic E-state index is -1.63. The van der Waals surface area contributed by atoms with Crippen LogP contribution in [0.1, 0.15) is 219 Å². The van der Waals surface area contributed by atoms with E-state index in [0.717, 1.165) is 128 Å². The summed E-state index contributed by atoms with van der Waals surface area (Å²) >= 11 is 0. The highest BCUT2D eigenvalue weighted by molar-refractivity contribution is 5.70. The molecule has 0 fully saturated rings. The number of hydrogen-bond acceptors (Lipinski definition) is 8. The highest BCUT2D eigenvalue weighted by Gasteiger charge is 2.22. The molecule has 0 amide bonds. The molecule has 0 aliphatic rings. The largest absolute Gasteiger partial charge is 0.545 e. The molecule has 0 spiro atoms. The molecule has 0 heterocycles. The van der Waals surface area contributed by atoms with Gasteiger partial charge >= 0.3 is 11.9 Å². The molecule has 2 atom stereocenters. The molecular weight excluding hydrogens is 959 g/mol. The molecule has 0 aromatic rings. The van der Waals surface area contributed by atoms with Gasteiger partial charge in [-0.1, -0.05) is 231 Å². The van der Waals surface area contributed by atoms with Gasteiger partial charge in [-0.3, -0.25) is 9.59 Å². The average molecular weight is 1070 g/mol. The molecule has 0 aromatic heterocycles. The third-order valence-corrected chi connectivity index (χ3v) is 12.4. The predicted octanol–water partition coefficient (Wildman–Crippen LogP) is 16.9. The number of carboxylic acid groups (broad SMARTS) is 1. The van der Waals surface area contributed by atoms with Gasteiger partial charge in [-0.2, -0.15) is 0 Å². The Kier molecular flexibility index (Phi) is 54.2. The molecule has 0 radical (unpaired) electrons. The number of nitrogens with zero attached hydrogens (tertiary/aromatic N) is 1. The summed E-state index contributed by atoms with van der Waals surface area (Å²) in [6.07, 6.45) is 79.2. The first-order valence-corrected chi connectivity index (χ1v) is 30.3. The zero-order valence-corrected chi connectivity index (χ0v) is 49.5. The van der Waals surface area contributed by atoms with Crippen molar-refractivity contribution in [2.24, 2.45) is 0 Å².